The molecule has 0 aliphatic rings. The van der Waals surface area contributed by atoms with Gasteiger partial charge in [0.25, 0.3) is 10.0 Å². The first-order valence-corrected chi connectivity index (χ1v) is 9.09. The lowest BCUT2D eigenvalue weighted by molar-refractivity contribution is 0.0696. The molecule has 0 atom stereocenters. The van der Waals surface area contributed by atoms with Gasteiger partial charge < -0.3 is 5.11 Å². The molecule has 2 aromatic carbocycles. The highest BCUT2D eigenvalue weighted by Gasteiger charge is 2.19. The third-order valence-corrected chi connectivity index (χ3v) is 5.18. The maximum Gasteiger partial charge on any atom is 0.335 e. The first-order valence-electron chi connectivity index (χ1n) is 7.61. The zero-order chi connectivity index (χ0) is 18.7. The van der Waals surface area contributed by atoms with Crippen molar-refractivity contribution in [3.05, 3.63) is 72.1 Å². The molecule has 7 nitrogen and oxygen atoms in total. The lowest BCUT2D eigenvalue weighted by Crippen LogP contribution is -2.15. The van der Waals surface area contributed by atoms with Crippen molar-refractivity contribution in [2.24, 2.45) is 0 Å². The minimum absolute atomic E-state index is 0.105. The summed E-state index contributed by atoms with van der Waals surface area (Å²) in [5.41, 5.74) is 1.33. The van der Waals surface area contributed by atoms with E-state index in [2.05, 4.69) is 14.7 Å². The fraction of sp³-hybridized carbons (Fsp3) is 0.0556. The van der Waals surface area contributed by atoms with Gasteiger partial charge in [-0.1, -0.05) is 36.4 Å². The molecule has 0 amide bonds. The summed E-state index contributed by atoms with van der Waals surface area (Å²) < 4.78 is 27.6. The Bertz CT molecular complexity index is 1050. The first kappa shape index (κ1) is 17.6. The molecule has 132 valence electrons. The van der Waals surface area contributed by atoms with Crippen LogP contribution >= 0.6 is 0 Å². The van der Waals surface area contributed by atoms with Crippen LogP contribution in [-0.2, 0) is 10.0 Å². The first-order chi connectivity index (χ1) is 12.4. The molecule has 0 spiro atoms. The molecule has 0 unspecified atom stereocenters. The second-order valence-corrected chi connectivity index (χ2v) is 7.20. The van der Waals surface area contributed by atoms with Gasteiger partial charge in [0.15, 0.2) is 5.82 Å². The number of aromatic nitrogens is 2. The number of aromatic carboxylic acids is 1. The van der Waals surface area contributed by atoms with Crippen LogP contribution < -0.4 is 4.72 Å². The van der Waals surface area contributed by atoms with Crippen molar-refractivity contribution in [1.29, 1.82) is 0 Å². The lowest BCUT2D eigenvalue weighted by atomic mass is 10.1. The SMILES string of the molecule is Cc1ccc(C(=O)O)cc1S(=O)(=O)Nc1cnc(-c2ccccc2)nc1. The summed E-state index contributed by atoms with van der Waals surface area (Å²) in [6.45, 7) is 1.59. The van der Waals surface area contributed by atoms with E-state index in [0.717, 1.165) is 11.6 Å². The third-order valence-electron chi connectivity index (χ3n) is 3.66. The summed E-state index contributed by atoms with van der Waals surface area (Å²) in [6, 6.07) is 13.2. The number of benzene rings is 2. The fourth-order valence-electron chi connectivity index (χ4n) is 2.35. The molecule has 8 heteroatoms. The quantitative estimate of drug-likeness (QED) is 0.716. The molecule has 0 radical (unpaired) electrons. The number of anilines is 1. The molecule has 0 aliphatic carbocycles. The van der Waals surface area contributed by atoms with Crippen LogP contribution in [0.15, 0.2) is 65.8 Å². The van der Waals surface area contributed by atoms with Crippen molar-refractivity contribution in [2.75, 3.05) is 4.72 Å². The minimum atomic E-state index is -3.97. The maximum atomic E-state index is 12.6. The Morgan fingerprint density at radius 1 is 1.04 bits per heavy atom. The molecule has 0 saturated carbocycles. The Labute approximate surface area is 150 Å². The Morgan fingerprint density at radius 2 is 1.69 bits per heavy atom. The number of rotatable bonds is 5. The van der Waals surface area contributed by atoms with E-state index < -0.39 is 16.0 Å². The van der Waals surface area contributed by atoms with E-state index >= 15 is 0 Å². The summed E-state index contributed by atoms with van der Waals surface area (Å²) in [4.78, 5) is 19.3. The predicted molar refractivity (Wildman–Crippen MR) is 96.4 cm³/mol. The second kappa shape index (κ2) is 6.93. The summed E-state index contributed by atoms with van der Waals surface area (Å²) in [5.74, 6) is -0.727. The monoisotopic (exact) mass is 369 g/mol. The molecule has 2 N–H and O–H groups in total. The van der Waals surface area contributed by atoms with Crippen LogP contribution in [0.1, 0.15) is 15.9 Å². The van der Waals surface area contributed by atoms with Crippen molar-refractivity contribution < 1.29 is 18.3 Å². The molecule has 26 heavy (non-hydrogen) atoms. The Balaban J connectivity index is 1.88. The molecule has 0 bridgehead atoms. The Hall–Kier alpha value is -3.26. The number of hydrogen-bond acceptors (Lipinski definition) is 5. The summed E-state index contributed by atoms with van der Waals surface area (Å²) in [5, 5.41) is 9.06. The maximum absolute atomic E-state index is 12.6. The number of sulfonamides is 1. The largest absolute Gasteiger partial charge is 0.478 e. The fourth-order valence-corrected chi connectivity index (χ4v) is 3.65. The number of nitrogens with one attached hydrogen (secondary N) is 1. The number of hydrogen-bond donors (Lipinski definition) is 2. The van der Waals surface area contributed by atoms with Crippen molar-refractivity contribution in [2.45, 2.75) is 11.8 Å². The van der Waals surface area contributed by atoms with Crippen LogP contribution in [0.3, 0.4) is 0 Å². The van der Waals surface area contributed by atoms with Gasteiger partial charge >= 0.3 is 5.97 Å². The average molecular weight is 369 g/mol. The van der Waals surface area contributed by atoms with Crippen LogP contribution in [0.2, 0.25) is 0 Å². The second-order valence-electron chi connectivity index (χ2n) is 5.55. The minimum Gasteiger partial charge on any atom is -0.478 e. The lowest BCUT2D eigenvalue weighted by Gasteiger charge is -2.11. The molecule has 0 saturated heterocycles. The number of aryl methyl sites for hydroxylation is 1. The van der Waals surface area contributed by atoms with Crippen LogP contribution in [0.25, 0.3) is 11.4 Å². The summed E-state index contributed by atoms with van der Waals surface area (Å²) >= 11 is 0. The average Bonchev–Trinajstić information content (AvgIpc) is 2.63. The van der Waals surface area contributed by atoms with Gasteiger partial charge in [-0.05, 0) is 24.6 Å². The van der Waals surface area contributed by atoms with Crippen molar-refractivity contribution in [3.63, 3.8) is 0 Å². The van der Waals surface area contributed by atoms with E-state index in [9.17, 15) is 13.2 Å². The standard InChI is InChI=1S/C18H15N3O4S/c1-12-7-8-14(18(22)23)9-16(12)26(24,25)21-15-10-19-17(20-11-15)13-5-3-2-4-6-13/h2-11,21H,1H3,(H,22,23). The number of carboxylic acids is 1. The van der Waals surface area contributed by atoms with Gasteiger partial charge in [-0.3, -0.25) is 4.72 Å². The third kappa shape index (κ3) is 3.70. The van der Waals surface area contributed by atoms with Crippen molar-refractivity contribution >= 4 is 21.7 Å². The van der Waals surface area contributed by atoms with E-state index in [1.54, 1.807) is 6.92 Å². The van der Waals surface area contributed by atoms with Gasteiger partial charge in [-0.15, -0.1) is 0 Å². The highest BCUT2D eigenvalue weighted by Crippen LogP contribution is 2.21. The molecular weight excluding hydrogens is 354 g/mol. The van der Waals surface area contributed by atoms with Gasteiger partial charge in [0.2, 0.25) is 0 Å². The van der Waals surface area contributed by atoms with Crippen LogP contribution in [-0.4, -0.2) is 29.5 Å². The van der Waals surface area contributed by atoms with Crippen LogP contribution in [0.5, 0.6) is 0 Å². The van der Waals surface area contributed by atoms with Gasteiger partial charge in [0, 0.05) is 5.56 Å². The summed E-state index contributed by atoms with van der Waals surface area (Å²) in [7, 11) is -3.97. The molecule has 1 heterocycles. The highest BCUT2D eigenvalue weighted by atomic mass is 32.2. The van der Waals surface area contributed by atoms with Gasteiger partial charge in [0.05, 0.1) is 28.5 Å². The molecular formula is C18H15N3O4S. The van der Waals surface area contributed by atoms with Gasteiger partial charge in [-0.2, -0.15) is 0 Å². The zero-order valence-electron chi connectivity index (χ0n) is 13.7. The van der Waals surface area contributed by atoms with Gasteiger partial charge in [-0.25, -0.2) is 23.2 Å². The van der Waals surface area contributed by atoms with Crippen molar-refractivity contribution in [1.82, 2.24) is 9.97 Å². The van der Waals surface area contributed by atoms with E-state index in [1.807, 2.05) is 30.3 Å². The Kier molecular flexibility index (Phi) is 4.68. The summed E-state index contributed by atoms with van der Waals surface area (Å²) in [6.07, 6.45) is 2.73. The van der Waals surface area contributed by atoms with E-state index in [1.165, 1.54) is 24.5 Å². The van der Waals surface area contributed by atoms with Crippen LogP contribution in [0.4, 0.5) is 5.69 Å². The molecule has 1 aromatic heterocycles. The molecule has 0 aliphatic heterocycles. The molecule has 0 fully saturated rings. The van der Waals surface area contributed by atoms with Crippen LogP contribution in [0, 0.1) is 6.92 Å². The predicted octanol–water partition coefficient (Wildman–Crippen LogP) is 2.95. The van der Waals surface area contributed by atoms with Crippen molar-refractivity contribution in [3.8, 4) is 11.4 Å². The number of carbonyl (C=O) groups is 1. The highest BCUT2D eigenvalue weighted by molar-refractivity contribution is 7.92. The topological polar surface area (TPSA) is 109 Å². The number of carboxylic acid groups (broad SMARTS) is 1. The van der Waals surface area contributed by atoms with Gasteiger partial charge in [0.1, 0.15) is 0 Å². The Morgan fingerprint density at radius 3 is 2.31 bits per heavy atom. The number of nitrogens with zero attached hydrogens (tertiary/aromatic N) is 2. The van der Waals surface area contributed by atoms with E-state index in [0.29, 0.717) is 11.4 Å². The van der Waals surface area contributed by atoms with E-state index in [4.69, 9.17) is 5.11 Å². The van der Waals surface area contributed by atoms with E-state index in [-0.39, 0.29) is 16.1 Å². The zero-order valence-corrected chi connectivity index (χ0v) is 14.6. The molecule has 3 rings (SSSR count). The normalized spacial score (nSPS) is 11.1. The molecule has 3 aromatic rings. The smallest absolute Gasteiger partial charge is 0.335 e.